The van der Waals surface area contributed by atoms with Gasteiger partial charge in [0.25, 0.3) is 0 Å². The number of hydrogen-bond acceptors (Lipinski definition) is 3. The number of nitrogens with two attached hydrogens (primary N) is 3. The van der Waals surface area contributed by atoms with Crippen molar-refractivity contribution < 1.29 is 0 Å². The van der Waals surface area contributed by atoms with Gasteiger partial charge in [-0.15, -0.1) is 0 Å². The second-order valence-electron chi connectivity index (χ2n) is 5.45. The summed E-state index contributed by atoms with van der Waals surface area (Å²) in [5.41, 5.74) is 22.5. The van der Waals surface area contributed by atoms with Crippen LogP contribution in [-0.4, -0.2) is 0 Å². The van der Waals surface area contributed by atoms with Gasteiger partial charge >= 0.3 is 0 Å². The molecule has 0 heterocycles. The molecule has 106 valence electrons. The molecule has 2 aromatic carbocycles. The molecule has 3 rings (SSSR count). The van der Waals surface area contributed by atoms with E-state index in [1.54, 1.807) is 0 Å². The lowest BCUT2D eigenvalue weighted by atomic mass is 9.80. The van der Waals surface area contributed by atoms with Crippen molar-refractivity contribution in [3.8, 4) is 11.1 Å². The van der Waals surface area contributed by atoms with Crippen LogP contribution in [0.3, 0.4) is 0 Å². The maximum atomic E-state index is 6.60. The highest BCUT2D eigenvalue weighted by molar-refractivity contribution is 5.71. The van der Waals surface area contributed by atoms with Crippen LogP contribution in [0.1, 0.15) is 12.0 Å². The number of benzene rings is 2. The lowest BCUT2D eigenvalue weighted by Crippen LogP contribution is -2.36. The highest BCUT2D eigenvalue weighted by atomic mass is 14.7. The van der Waals surface area contributed by atoms with E-state index in [0.29, 0.717) is 6.42 Å². The van der Waals surface area contributed by atoms with Crippen molar-refractivity contribution in [2.75, 3.05) is 5.73 Å². The number of anilines is 1. The molecule has 0 fully saturated rings. The third kappa shape index (κ3) is 2.56. The van der Waals surface area contributed by atoms with Crippen LogP contribution in [-0.2, 0) is 5.54 Å². The average molecular weight is 277 g/mol. The lowest BCUT2D eigenvalue weighted by molar-refractivity contribution is 0.563. The maximum Gasteiger partial charge on any atom is 0.0641 e. The van der Waals surface area contributed by atoms with Gasteiger partial charge in [0.15, 0.2) is 0 Å². The Bertz CT molecular complexity index is 713. The molecule has 2 aromatic rings. The molecule has 6 N–H and O–H groups in total. The zero-order valence-electron chi connectivity index (χ0n) is 11.8. The maximum absolute atomic E-state index is 6.60. The Kier molecular flexibility index (Phi) is 3.28. The zero-order valence-corrected chi connectivity index (χ0v) is 11.8. The molecule has 0 aromatic heterocycles. The van der Waals surface area contributed by atoms with Crippen LogP contribution in [0.5, 0.6) is 0 Å². The van der Waals surface area contributed by atoms with Gasteiger partial charge in [0, 0.05) is 11.4 Å². The van der Waals surface area contributed by atoms with Gasteiger partial charge < -0.3 is 17.2 Å². The third-order valence-corrected chi connectivity index (χ3v) is 3.90. The molecule has 3 nitrogen and oxygen atoms in total. The van der Waals surface area contributed by atoms with Crippen LogP contribution in [0.2, 0.25) is 0 Å². The van der Waals surface area contributed by atoms with Crippen LogP contribution < -0.4 is 17.2 Å². The lowest BCUT2D eigenvalue weighted by Gasteiger charge is -2.30. The third-order valence-electron chi connectivity index (χ3n) is 3.90. The van der Waals surface area contributed by atoms with E-state index in [1.807, 2.05) is 54.6 Å². The fourth-order valence-corrected chi connectivity index (χ4v) is 2.67. The minimum absolute atomic E-state index is 0.527. The Morgan fingerprint density at radius 1 is 0.905 bits per heavy atom. The zero-order chi connectivity index (χ0) is 14.9. The van der Waals surface area contributed by atoms with Crippen molar-refractivity contribution in [3.63, 3.8) is 0 Å². The molecule has 0 radical (unpaired) electrons. The summed E-state index contributed by atoms with van der Waals surface area (Å²) < 4.78 is 0. The Morgan fingerprint density at radius 3 is 2.29 bits per heavy atom. The summed E-state index contributed by atoms with van der Waals surface area (Å²) in [6, 6.07) is 16.1. The van der Waals surface area contributed by atoms with Crippen molar-refractivity contribution in [2.45, 2.75) is 12.0 Å². The van der Waals surface area contributed by atoms with Crippen LogP contribution in [0.15, 0.2) is 72.5 Å². The number of hydrogen-bond donors (Lipinski definition) is 3. The van der Waals surface area contributed by atoms with Gasteiger partial charge in [-0.3, -0.25) is 0 Å². The van der Waals surface area contributed by atoms with Crippen LogP contribution in [0.4, 0.5) is 5.69 Å². The predicted octanol–water partition coefficient (Wildman–Crippen LogP) is 2.89. The predicted molar refractivity (Wildman–Crippen MR) is 88.2 cm³/mol. The van der Waals surface area contributed by atoms with Gasteiger partial charge in [-0.25, -0.2) is 0 Å². The standard InChI is InChI=1S/C18H19N3/c19-14-7-5-13(6-8-14)16-3-1-2-4-17(16)18(21)11-9-15(20)10-12-18/h1-11H,12,19-21H2. The highest BCUT2D eigenvalue weighted by Crippen LogP contribution is 2.35. The fourth-order valence-electron chi connectivity index (χ4n) is 2.67. The molecular weight excluding hydrogens is 258 g/mol. The molecule has 1 atom stereocenters. The molecule has 1 unspecified atom stereocenters. The summed E-state index contributed by atoms with van der Waals surface area (Å²) in [5.74, 6) is 0. The molecule has 1 aliphatic carbocycles. The summed E-state index contributed by atoms with van der Waals surface area (Å²) in [6.07, 6.45) is 6.53. The normalized spacial score (nSPS) is 21.1. The van der Waals surface area contributed by atoms with E-state index in [2.05, 4.69) is 12.1 Å². The monoisotopic (exact) mass is 277 g/mol. The molecule has 21 heavy (non-hydrogen) atoms. The second kappa shape index (κ2) is 5.11. The molecule has 0 saturated heterocycles. The second-order valence-corrected chi connectivity index (χ2v) is 5.45. The van der Waals surface area contributed by atoms with Gasteiger partial charge in [-0.05, 0) is 41.3 Å². The minimum Gasteiger partial charge on any atom is -0.399 e. The van der Waals surface area contributed by atoms with Crippen LogP contribution in [0, 0.1) is 0 Å². The number of nitrogen functional groups attached to an aromatic ring is 1. The smallest absolute Gasteiger partial charge is 0.0641 e. The minimum atomic E-state index is -0.527. The topological polar surface area (TPSA) is 78.1 Å². The van der Waals surface area contributed by atoms with Gasteiger partial charge in [-0.1, -0.05) is 48.6 Å². The van der Waals surface area contributed by atoms with Gasteiger partial charge in [0.2, 0.25) is 0 Å². The Hall–Kier alpha value is -2.52. The van der Waals surface area contributed by atoms with Crippen molar-refractivity contribution in [3.05, 3.63) is 78.0 Å². The molecule has 3 heteroatoms. The summed E-state index contributed by atoms with van der Waals surface area (Å²) in [4.78, 5) is 0. The molecular formula is C18H19N3. The quantitative estimate of drug-likeness (QED) is 0.739. The van der Waals surface area contributed by atoms with Crippen LogP contribution >= 0.6 is 0 Å². The molecule has 0 spiro atoms. The summed E-state index contributed by atoms with van der Waals surface area (Å²) >= 11 is 0. The first kappa shape index (κ1) is 13.5. The van der Waals surface area contributed by atoms with Gasteiger partial charge in [0.1, 0.15) is 0 Å². The van der Waals surface area contributed by atoms with Crippen molar-refractivity contribution in [1.29, 1.82) is 0 Å². The van der Waals surface area contributed by atoms with E-state index in [9.17, 15) is 0 Å². The summed E-state index contributed by atoms with van der Waals surface area (Å²) in [6.45, 7) is 0. The summed E-state index contributed by atoms with van der Waals surface area (Å²) in [7, 11) is 0. The van der Waals surface area contributed by atoms with Crippen molar-refractivity contribution in [1.82, 2.24) is 0 Å². The molecule has 0 saturated carbocycles. The molecule has 0 aliphatic heterocycles. The highest BCUT2D eigenvalue weighted by Gasteiger charge is 2.27. The van der Waals surface area contributed by atoms with Gasteiger partial charge in [-0.2, -0.15) is 0 Å². The van der Waals surface area contributed by atoms with Crippen molar-refractivity contribution in [2.24, 2.45) is 11.5 Å². The van der Waals surface area contributed by atoms with Crippen LogP contribution in [0.25, 0.3) is 11.1 Å². The van der Waals surface area contributed by atoms with Crippen molar-refractivity contribution >= 4 is 5.69 Å². The number of rotatable bonds is 2. The van der Waals surface area contributed by atoms with E-state index in [4.69, 9.17) is 17.2 Å². The summed E-state index contributed by atoms with van der Waals surface area (Å²) in [5, 5.41) is 0. The van der Waals surface area contributed by atoms with E-state index in [-0.39, 0.29) is 0 Å². The molecule has 1 aliphatic rings. The Morgan fingerprint density at radius 2 is 1.62 bits per heavy atom. The Labute approximate surface area is 124 Å². The van der Waals surface area contributed by atoms with Gasteiger partial charge in [0.05, 0.1) is 5.54 Å². The SMILES string of the molecule is NC1=CCC(N)(c2ccccc2-c2ccc(N)cc2)C=C1. The fraction of sp³-hybridized carbons (Fsp3) is 0.111. The first-order chi connectivity index (χ1) is 10.1. The molecule has 0 amide bonds. The van der Waals surface area contributed by atoms with E-state index in [1.165, 1.54) is 0 Å². The Balaban J connectivity index is 2.09. The average Bonchev–Trinajstić information content (AvgIpc) is 2.51. The number of allylic oxidation sites excluding steroid dienone is 1. The van der Waals surface area contributed by atoms with E-state index >= 15 is 0 Å². The van der Waals surface area contributed by atoms with E-state index < -0.39 is 5.54 Å². The largest absolute Gasteiger partial charge is 0.399 e. The first-order valence-corrected chi connectivity index (χ1v) is 6.98. The van der Waals surface area contributed by atoms with E-state index in [0.717, 1.165) is 28.1 Å². The first-order valence-electron chi connectivity index (χ1n) is 6.98. The molecule has 0 bridgehead atoms.